The van der Waals surface area contributed by atoms with E-state index in [9.17, 15) is 14.4 Å². The van der Waals surface area contributed by atoms with Gasteiger partial charge in [-0.05, 0) is 38.2 Å². The van der Waals surface area contributed by atoms with Crippen LogP contribution in [0.25, 0.3) is 0 Å². The highest BCUT2D eigenvalue weighted by atomic mass is 32.2. The quantitative estimate of drug-likeness (QED) is 0.519. The van der Waals surface area contributed by atoms with E-state index in [2.05, 4.69) is 10.2 Å². The van der Waals surface area contributed by atoms with Crippen molar-refractivity contribution in [2.75, 3.05) is 18.9 Å². The number of likely N-dealkylation sites (tertiary alicyclic amines) is 1. The van der Waals surface area contributed by atoms with Crippen LogP contribution >= 0.6 is 11.8 Å². The fourth-order valence-corrected chi connectivity index (χ4v) is 4.28. The third-order valence-corrected chi connectivity index (χ3v) is 5.86. The van der Waals surface area contributed by atoms with Crippen molar-refractivity contribution in [1.82, 2.24) is 19.7 Å². The lowest BCUT2D eigenvalue weighted by Crippen LogP contribution is -2.49. The zero-order chi connectivity index (χ0) is 20.6. The topological polar surface area (TPSA) is 97.3 Å². The molecule has 2 aromatic rings. The second-order valence-corrected chi connectivity index (χ2v) is 7.78. The number of nitrogens with zero attached hydrogens (tertiary/aromatic N) is 3. The number of hydrogen-bond donors (Lipinski definition) is 1. The van der Waals surface area contributed by atoms with Crippen molar-refractivity contribution in [3.8, 4) is 0 Å². The van der Waals surface area contributed by atoms with E-state index in [-0.39, 0.29) is 23.3 Å². The maximum atomic E-state index is 12.8. The van der Waals surface area contributed by atoms with Crippen LogP contribution in [-0.2, 0) is 27.3 Å². The third-order valence-electron chi connectivity index (χ3n) is 4.90. The van der Waals surface area contributed by atoms with E-state index in [0.29, 0.717) is 37.7 Å². The molecule has 1 fully saturated rings. The highest BCUT2D eigenvalue weighted by Crippen LogP contribution is 2.21. The van der Waals surface area contributed by atoms with E-state index in [1.807, 2.05) is 30.3 Å². The summed E-state index contributed by atoms with van der Waals surface area (Å²) < 4.78 is 6.66. The minimum atomic E-state index is -0.517. The van der Waals surface area contributed by atoms with Crippen molar-refractivity contribution in [3.05, 3.63) is 46.4 Å². The number of aromatic nitrogens is 3. The van der Waals surface area contributed by atoms with Gasteiger partial charge in [-0.3, -0.25) is 9.36 Å². The van der Waals surface area contributed by atoms with E-state index >= 15 is 0 Å². The summed E-state index contributed by atoms with van der Waals surface area (Å²) in [6, 6.07) is 9.36. The molecule has 0 radical (unpaired) electrons. The smallest absolute Gasteiger partial charge is 0.343 e. The van der Waals surface area contributed by atoms with E-state index in [1.165, 1.54) is 11.8 Å². The molecule has 0 spiro atoms. The van der Waals surface area contributed by atoms with Gasteiger partial charge in [0.1, 0.15) is 6.04 Å². The van der Waals surface area contributed by atoms with Gasteiger partial charge in [-0.25, -0.2) is 14.7 Å². The van der Waals surface area contributed by atoms with Crippen molar-refractivity contribution in [2.24, 2.45) is 0 Å². The number of carbonyl (C=O) groups is 2. The molecule has 0 aliphatic carbocycles. The summed E-state index contributed by atoms with van der Waals surface area (Å²) in [4.78, 5) is 38.6. The maximum absolute atomic E-state index is 12.8. The Labute approximate surface area is 173 Å². The monoisotopic (exact) mass is 418 g/mol. The summed E-state index contributed by atoms with van der Waals surface area (Å²) in [5.74, 6) is -0.367. The molecule has 2 heterocycles. The number of aromatic amines is 1. The molecule has 0 unspecified atom stereocenters. The highest BCUT2D eigenvalue weighted by molar-refractivity contribution is 7.99. The third kappa shape index (κ3) is 5.50. The summed E-state index contributed by atoms with van der Waals surface area (Å²) in [6.45, 7) is 3.08. The van der Waals surface area contributed by atoms with Gasteiger partial charge in [0.2, 0.25) is 5.91 Å². The fourth-order valence-electron chi connectivity index (χ4n) is 3.42. The van der Waals surface area contributed by atoms with Gasteiger partial charge in [0, 0.05) is 13.1 Å². The van der Waals surface area contributed by atoms with Crippen LogP contribution in [-0.4, -0.2) is 56.5 Å². The van der Waals surface area contributed by atoms with E-state index < -0.39 is 6.04 Å². The molecule has 0 saturated carbocycles. The predicted octanol–water partition coefficient (Wildman–Crippen LogP) is 1.85. The van der Waals surface area contributed by atoms with Crippen molar-refractivity contribution >= 4 is 23.6 Å². The van der Waals surface area contributed by atoms with Crippen molar-refractivity contribution in [1.29, 1.82) is 0 Å². The lowest BCUT2D eigenvalue weighted by molar-refractivity contribution is -0.155. The Bertz CT molecular complexity index is 880. The number of thioether (sulfide) groups is 1. The number of ether oxygens (including phenoxy) is 1. The van der Waals surface area contributed by atoms with E-state index in [0.717, 1.165) is 18.4 Å². The first kappa shape index (κ1) is 21.2. The van der Waals surface area contributed by atoms with E-state index in [1.54, 1.807) is 16.4 Å². The molecule has 29 heavy (non-hydrogen) atoms. The van der Waals surface area contributed by atoms with Gasteiger partial charge < -0.3 is 9.64 Å². The molecular formula is C20H26N4O4S. The number of benzene rings is 1. The van der Waals surface area contributed by atoms with Crippen LogP contribution in [0.4, 0.5) is 0 Å². The number of rotatable bonds is 8. The molecule has 1 saturated heterocycles. The second-order valence-electron chi connectivity index (χ2n) is 6.84. The number of nitrogens with one attached hydrogen (secondary N) is 1. The number of amides is 1. The molecule has 1 atom stereocenters. The van der Waals surface area contributed by atoms with Crippen LogP contribution in [0.15, 0.2) is 40.3 Å². The van der Waals surface area contributed by atoms with Gasteiger partial charge in [-0.15, -0.1) is 5.10 Å². The van der Waals surface area contributed by atoms with Crippen molar-refractivity contribution in [3.63, 3.8) is 0 Å². The zero-order valence-corrected chi connectivity index (χ0v) is 17.3. The number of aryl methyl sites for hydroxylation is 1. The second kappa shape index (κ2) is 10.3. The van der Waals surface area contributed by atoms with Gasteiger partial charge in [0.05, 0.1) is 12.4 Å². The molecular weight excluding hydrogens is 392 g/mol. The molecule has 1 aliphatic heterocycles. The average Bonchev–Trinajstić information content (AvgIpc) is 3.10. The maximum Gasteiger partial charge on any atom is 0.343 e. The summed E-state index contributed by atoms with van der Waals surface area (Å²) in [7, 11) is 0. The van der Waals surface area contributed by atoms with Crippen LogP contribution in [0, 0.1) is 0 Å². The standard InChI is InChI=1S/C20H26N4O4S/c1-2-28-18(26)16-10-6-7-12-23(16)17(25)14-29-20-22-21-19(27)24(20)13-11-15-8-4-3-5-9-15/h3-5,8-9,16H,2,6-7,10-14H2,1H3,(H,21,27)/t16-/m0/s1. The lowest BCUT2D eigenvalue weighted by atomic mass is 10.0. The number of carbonyl (C=O) groups excluding carboxylic acids is 2. The molecule has 1 aromatic carbocycles. The molecule has 3 rings (SSSR count). The van der Waals surface area contributed by atoms with Gasteiger partial charge in [0.25, 0.3) is 0 Å². The summed E-state index contributed by atoms with van der Waals surface area (Å²) in [5.41, 5.74) is 0.830. The van der Waals surface area contributed by atoms with Crippen LogP contribution in [0.2, 0.25) is 0 Å². The van der Waals surface area contributed by atoms with Gasteiger partial charge in [-0.2, -0.15) is 0 Å². The van der Waals surface area contributed by atoms with Crippen LogP contribution in [0.5, 0.6) is 0 Å². The first-order chi connectivity index (χ1) is 14.1. The molecule has 1 aliphatic rings. The minimum absolute atomic E-state index is 0.117. The van der Waals surface area contributed by atoms with Gasteiger partial charge >= 0.3 is 11.7 Å². The van der Waals surface area contributed by atoms with Crippen LogP contribution in [0.1, 0.15) is 31.7 Å². The summed E-state index contributed by atoms with van der Waals surface area (Å²) in [5, 5.41) is 6.99. The minimum Gasteiger partial charge on any atom is -0.464 e. The Balaban J connectivity index is 1.61. The number of esters is 1. The largest absolute Gasteiger partial charge is 0.464 e. The highest BCUT2D eigenvalue weighted by Gasteiger charge is 2.33. The molecule has 1 amide bonds. The fraction of sp³-hybridized carbons (Fsp3) is 0.500. The number of hydrogen-bond acceptors (Lipinski definition) is 6. The Kier molecular flexibility index (Phi) is 7.51. The SMILES string of the molecule is CCOC(=O)[C@@H]1CCCCN1C(=O)CSc1n[nH]c(=O)n1CCc1ccccc1. The summed E-state index contributed by atoms with van der Waals surface area (Å²) in [6.07, 6.45) is 3.09. The first-order valence-corrected chi connectivity index (χ1v) is 10.9. The molecule has 8 nitrogen and oxygen atoms in total. The molecule has 0 bridgehead atoms. The molecule has 1 N–H and O–H groups in total. The van der Waals surface area contributed by atoms with Crippen molar-refractivity contribution < 1.29 is 14.3 Å². The van der Waals surface area contributed by atoms with Gasteiger partial charge in [-0.1, -0.05) is 42.1 Å². The Morgan fingerprint density at radius 2 is 2.07 bits per heavy atom. The Hall–Kier alpha value is -2.55. The van der Waals surface area contributed by atoms with Crippen LogP contribution < -0.4 is 5.69 Å². The Morgan fingerprint density at radius 1 is 1.28 bits per heavy atom. The molecule has 156 valence electrons. The Morgan fingerprint density at radius 3 is 2.83 bits per heavy atom. The van der Waals surface area contributed by atoms with E-state index in [4.69, 9.17) is 4.74 Å². The molecule has 1 aromatic heterocycles. The zero-order valence-electron chi connectivity index (χ0n) is 16.5. The first-order valence-electron chi connectivity index (χ1n) is 9.88. The molecule has 9 heteroatoms. The predicted molar refractivity (Wildman–Crippen MR) is 110 cm³/mol. The average molecular weight is 419 g/mol. The summed E-state index contributed by atoms with van der Waals surface area (Å²) >= 11 is 1.21. The number of H-pyrrole nitrogens is 1. The lowest BCUT2D eigenvalue weighted by Gasteiger charge is -2.33. The van der Waals surface area contributed by atoms with Crippen molar-refractivity contribution in [2.45, 2.75) is 50.4 Å². The normalized spacial score (nSPS) is 16.6. The number of piperidine rings is 1. The van der Waals surface area contributed by atoms with Crippen LogP contribution in [0.3, 0.4) is 0 Å². The van der Waals surface area contributed by atoms with Gasteiger partial charge in [0.15, 0.2) is 5.16 Å².